The summed E-state index contributed by atoms with van der Waals surface area (Å²) in [7, 11) is -4.61. The van der Waals surface area contributed by atoms with E-state index in [2.05, 4.69) is 0 Å². The van der Waals surface area contributed by atoms with Gasteiger partial charge in [0, 0.05) is 0 Å². The molecule has 0 bridgehead atoms. The molecule has 0 fully saturated rings. The summed E-state index contributed by atoms with van der Waals surface area (Å²) in [6, 6.07) is 0. The summed E-state index contributed by atoms with van der Waals surface area (Å²) in [5.41, 5.74) is 0. The quantitative estimate of drug-likeness (QED) is 0.342. The van der Waals surface area contributed by atoms with Gasteiger partial charge in [0.05, 0.1) is 0 Å². The minimum absolute atomic E-state index is 0. The van der Waals surface area contributed by atoms with Crippen molar-refractivity contribution in [2.24, 2.45) is 0 Å². The van der Waals surface area contributed by atoms with Gasteiger partial charge in [-0.25, -0.2) is 0 Å². The predicted molar refractivity (Wildman–Crippen MR) is 40.5 cm³/mol. The molecule has 0 aliphatic rings. The molecule has 4 nitrogen and oxygen atoms in total. The first-order valence-corrected chi connectivity index (χ1v) is 2.68. The van der Waals surface area contributed by atoms with Crippen LogP contribution in [0.2, 0.25) is 0 Å². The van der Waals surface area contributed by atoms with E-state index in [1.54, 1.807) is 0 Å². The van der Waals surface area contributed by atoms with E-state index in [-0.39, 0.29) is 95.0 Å². The smallest absolute Gasteiger partial charge is 1.00 e. The molecule has 0 atom stereocenters. The average Bonchev–Trinajstić information content (AvgIpc) is 0.722. The van der Waals surface area contributed by atoms with Crippen molar-refractivity contribution >= 4 is 98.3 Å². The zero-order valence-corrected chi connectivity index (χ0v) is 10.6. The van der Waals surface area contributed by atoms with Gasteiger partial charge in [0.25, 0.3) is 0 Å². The molecule has 0 radical (unpaired) electrons. The third-order valence-electron chi connectivity index (χ3n) is 0. The molecule has 8 heteroatoms. The van der Waals surface area contributed by atoms with Crippen molar-refractivity contribution in [1.82, 2.24) is 0 Å². The van der Waals surface area contributed by atoms with E-state index < -0.39 is 9.05 Å². The second-order valence-corrected chi connectivity index (χ2v) is 1.80. The van der Waals surface area contributed by atoms with Crippen LogP contribution in [0.4, 0.5) is 0 Å². The van der Waals surface area contributed by atoms with Crippen LogP contribution in [0.15, 0.2) is 0 Å². The molecular formula is H11AlBaMgO4Si. The largest absolute Gasteiger partial charge is 2.00 e. The molecule has 0 heterocycles. The third-order valence-corrected chi connectivity index (χ3v) is 0. The van der Waals surface area contributed by atoms with Crippen molar-refractivity contribution < 1.29 is 24.9 Å². The van der Waals surface area contributed by atoms with Crippen LogP contribution in [-0.4, -0.2) is 118 Å². The number of hydrogen-bond acceptors (Lipinski definition) is 4. The van der Waals surface area contributed by atoms with Gasteiger partial charge >= 0.3 is 81.0 Å². The molecule has 0 unspecified atom stereocenters. The Kier molecular flexibility index (Phi) is 27.8. The Morgan fingerprint density at radius 3 is 1.00 bits per heavy atom. The summed E-state index contributed by atoms with van der Waals surface area (Å²) in [5, 5.41) is 0. The van der Waals surface area contributed by atoms with Crippen LogP contribution in [0.25, 0.3) is 0 Å². The van der Waals surface area contributed by atoms with E-state index in [4.69, 9.17) is 19.2 Å². The molecule has 8 heavy (non-hydrogen) atoms. The molecule has 0 rings (SSSR count). The van der Waals surface area contributed by atoms with Crippen LogP contribution in [0.5, 0.6) is 0 Å². The second-order valence-electron chi connectivity index (χ2n) is 0.600. The molecule has 0 aromatic rings. The van der Waals surface area contributed by atoms with Gasteiger partial charge in [-0.3, -0.25) is 0 Å². The fourth-order valence-corrected chi connectivity index (χ4v) is 0. The maximum atomic E-state index is 7.33. The summed E-state index contributed by atoms with van der Waals surface area (Å²) in [4.78, 5) is 29.3. The van der Waals surface area contributed by atoms with Crippen LogP contribution in [0.1, 0.15) is 5.71 Å². The zero-order chi connectivity index (χ0) is 4.50. The van der Waals surface area contributed by atoms with Crippen molar-refractivity contribution in [2.75, 3.05) is 0 Å². The average molecular weight is 292 g/mol. The predicted octanol–water partition coefficient (Wildman–Crippen LogP) is -4.10. The molecule has 46 valence electrons. The van der Waals surface area contributed by atoms with Crippen molar-refractivity contribution in [2.45, 2.75) is 0 Å². The standard InChI is InChI=1S/Al.Ba.Mg.H4O4Si.7H/c;;;1-5(2,3)4;;;;;;;/h;;;1-4H;;;;;;;/q;2*+2;;;;;4*-1. The van der Waals surface area contributed by atoms with E-state index in [1.807, 2.05) is 0 Å². The topological polar surface area (TPSA) is 80.9 Å². The SMILES string of the molecule is O[Si](O)(O)O.[AlH3].[Ba+2].[H-].[H-].[H-].[H-].[Mg+2]. The third kappa shape index (κ3) is 65.5. The van der Waals surface area contributed by atoms with Crippen molar-refractivity contribution in [3.8, 4) is 0 Å². The van der Waals surface area contributed by atoms with Crippen molar-refractivity contribution in [1.29, 1.82) is 0 Å². The Labute approximate surface area is 121 Å². The summed E-state index contributed by atoms with van der Waals surface area (Å²) in [6.07, 6.45) is 0. The van der Waals surface area contributed by atoms with Crippen LogP contribution in [0, 0.1) is 0 Å². The Hall–Kier alpha value is 2.93. The molecule has 0 aliphatic carbocycles. The Balaban J connectivity index is -0.00000000381. The number of hydrogen-bond donors (Lipinski definition) is 4. The zero-order valence-electron chi connectivity index (χ0n) is 7.70. The second kappa shape index (κ2) is 9.93. The first kappa shape index (κ1) is 22.4. The van der Waals surface area contributed by atoms with Gasteiger partial charge < -0.3 is 24.9 Å². The molecular weight excluding hydrogens is 281 g/mol. The van der Waals surface area contributed by atoms with Crippen molar-refractivity contribution in [3.63, 3.8) is 0 Å². The first-order valence-electron chi connectivity index (χ1n) is 0.894. The number of rotatable bonds is 0. The van der Waals surface area contributed by atoms with Gasteiger partial charge in [-0.2, -0.15) is 0 Å². The monoisotopic (exact) mass is 292 g/mol. The van der Waals surface area contributed by atoms with Crippen molar-refractivity contribution in [3.05, 3.63) is 0 Å². The molecule has 0 aromatic heterocycles. The summed E-state index contributed by atoms with van der Waals surface area (Å²) in [5.74, 6) is 0. The van der Waals surface area contributed by atoms with Gasteiger partial charge in [-0.1, -0.05) is 0 Å². The van der Waals surface area contributed by atoms with Crippen LogP contribution in [-0.2, 0) is 0 Å². The van der Waals surface area contributed by atoms with Gasteiger partial charge in [-0.15, -0.1) is 0 Å². The normalized spacial score (nSPS) is 7.50. The van der Waals surface area contributed by atoms with Crippen LogP contribution in [0.3, 0.4) is 0 Å². The Morgan fingerprint density at radius 1 is 1.00 bits per heavy atom. The molecule has 0 aliphatic heterocycles. The molecule has 0 amide bonds. The van der Waals surface area contributed by atoms with E-state index >= 15 is 0 Å². The van der Waals surface area contributed by atoms with Crippen LogP contribution >= 0.6 is 0 Å². The maximum Gasteiger partial charge on any atom is 2.00 e. The van der Waals surface area contributed by atoms with Gasteiger partial charge in [0.15, 0.2) is 17.4 Å². The first-order chi connectivity index (χ1) is 2.00. The minimum Gasteiger partial charge on any atom is -1.00 e. The summed E-state index contributed by atoms with van der Waals surface area (Å²) >= 11 is 0. The summed E-state index contributed by atoms with van der Waals surface area (Å²) in [6.45, 7) is 0. The van der Waals surface area contributed by atoms with E-state index in [0.29, 0.717) is 0 Å². The van der Waals surface area contributed by atoms with E-state index in [9.17, 15) is 0 Å². The maximum absolute atomic E-state index is 7.33. The van der Waals surface area contributed by atoms with Gasteiger partial charge in [0.2, 0.25) is 0 Å². The fraction of sp³-hybridized carbons (Fsp3) is 0. The molecule has 0 aromatic carbocycles. The summed E-state index contributed by atoms with van der Waals surface area (Å²) < 4.78 is 0. The molecule has 0 spiro atoms. The van der Waals surface area contributed by atoms with E-state index in [0.717, 1.165) is 0 Å². The van der Waals surface area contributed by atoms with Gasteiger partial charge in [-0.05, 0) is 0 Å². The van der Waals surface area contributed by atoms with Gasteiger partial charge in [0.1, 0.15) is 0 Å². The molecule has 0 saturated carbocycles. The fourth-order valence-electron chi connectivity index (χ4n) is 0. The molecule has 4 N–H and O–H groups in total. The van der Waals surface area contributed by atoms with E-state index in [1.165, 1.54) is 0 Å². The Morgan fingerprint density at radius 2 is 1.00 bits per heavy atom. The molecule has 0 saturated heterocycles. The van der Waals surface area contributed by atoms with Crippen LogP contribution < -0.4 is 0 Å². The minimum atomic E-state index is -4.61. The Bertz CT molecular complexity index is 42.5.